The van der Waals surface area contributed by atoms with Gasteiger partial charge in [0.25, 0.3) is 0 Å². The van der Waals surface area contributed by atoms with Gasteiger partial charge in [0.2, 0.25) is 0 Å². The van der Waals surface area contributed by atoms with Gasteiger partial charge >= 0.3 is 7.12 Å². The maximum atomic E-state index is 6.09. The molecule has 0 aromatic carbocycles. The van der Waals surface area contributed by atoms with E-state index in [1.807, 2.05) is 12.2 Å². The molecule has 5 heteroatoms. The van der Waals surface area contributed by atoms with E-state index < -0.39 is 0 Å². The van der Waals surface area contributed by atoms with Crippen molar-refractivity contribution in [1.82, 2.24) is 0 Å². The minimum absolute atomic E-state index is 0.0704. The van der Waals surface area contributed by atoms with Gasteiger partial charge < -0.3 is 9.31 Å². The molecule has 0 amide bonds. The topological polar surface area (TPSA) is 43.2 Å². The number of hydrogen-bond acceptors (Lipinski definition) is 4. The molecule has 0 aromatic rings. The van der Waals surface area contributed by atoms with Gasteiger partial charge in [0.05, 0.1) is 23.1 Å². The summed E-state index contributed by atoms with van der Waals surface area (Å²) in [6.07, 6.45) is 7.84. The second kappa shape index (κ2) is 3.65. The average molecular weight is 244 g/mol. The highest BCUT2D eigenvalue weighted by Crippen LogP contribution is 2.45. The number of hydrogen-bond donors (Lipinski definition) is 0. The second-order valence-electron chi connectivity index (χ2n) is 5.89. The molecule has 3 rings (SSSR count). The fourth-order valence-corrected chi connectivity index (χ4v) is 2.31. The molecule has 18 heavy (non-hydrogen) atoms. The van der Waals surface area contributed by atoms with E-state index >= 15 is 0 Å². The van der Waals surface area contributed by atoms with E-state index in [9.17, 15) is 0 Å². The van der Waals surface area contributed by atoms with Crippen LogP contribution in [-0.2, 0) is 9.31 Å². The van der Waals surface area contributed by atoms with Gasteiger partial charge in [0.1, 0.15) is 0 Å². The number of fused-ring (bicyclic) bond motifs is 1. The fourth-order valence-electron chi connectivity index (χ4n) is 2.31. The standard InChI is InChI=1S/C13H17BN2O2/c1-12(2)13(3,4)18-14(17-12)10-6-5-7-11-9(10)8-15-16-11/h5-8,10H,1-4H3/t10-/m1/s1. The number of nitrogens with zero attached hydrogens (tertiary/aromatic N) is 2. The molecule has 1 aliphatic carbocycles. The summed E-state index contributed by atoms with van der Waals surface area (Å²) in [4.78, 5) is 0. The third-order valence-electron chi connectivity index (χ3n) is 4.15. The second-order valence-corrected chi connectivity index (χ2v) is 5.89. The zero-order chi connectivity index (χ0) is 13.0. The highest BCUT2D eigenvalue weighted by atomic mass is 16.7. The molecule has 1 fully saturated rings. The molecule has 0 radical (unpaired) electrons. The Kier molecular flexibility index (Phi) is 2.41. The van der Waals surface area contributed by atoms with Gasteiger partial charge in [0.15, 0.2) is 0 Å². The van der Waals surface area contributed by atoms with Crippen LogP contribution >= 0.6 is 0 Å². The summed E-state index contributed by atoms with van der Waals surface area (Å²) in [5.74, 6) is 0.0704. The van der Waals surface area contributed by atoms with E-state index in [4.69, 9.17) is 9.31 Å². The summed E-state index contributed by atoms with van der Waals surface area (Å²) < 4.78 is 12.2. The Hall–Kier alpha value is -1.20. The Bertz CT molecular complexity index is 487. The van der Waals surface area contributed by atoms with Crippen LogP contribution in [0.25, 0.3) is 0 Å². The van der Waals surface area contributed by atoms with Crippen molar-refractivity contribution in [3.05, 3.63) is 35.7 Å². The van der Waals surface area contributed by atoms with Crippen LogP contribution < -0.4 is 0 Å². The summed E-state index contributed by atoms with van der Waals surface area (Å²) >= 11 is 0. The quantitative estimate of drug-likeness (QED) is 0.664. The first-order chi connectivity index (χ1) is 8.41. The molecule has 94 valence electrons. The average Bonchev–Trinajstić information content (AvgIpc) is 2.81. The zero-order valence-corrected chi connectivity index (χ0v) is 11.2. The fraction of sp³-hybridized carbons (Fsp3) is 0.538. The molecule has 4 nitrogen and oxygen atoms in total. The minimum Gasteiger partial charge on any atom is -0.403 e. The van der Waals surface area contributed by atoms with Gasteiger partial charge in [-0.25, -0.2) is 0 Å². The monoisotopic (exact) mass is 244 g/mol. The predicted octanol–water partition coefficient (Wildman–Crippen LogP) is 3.25. The lowest BCUT2D eigenvalue weighted by Crippen LogP contribution is -2.41. The highest BCUT2D eigenvalue weighted by Gasteiger charge is 2.54. The Morgan fingerprint density at radius 3 is 2.50 bits per heavy atom. The SMILES string of the molecule is CC1(C)OB([C@@H]2C=CC=C3N=NC=C32)OC1(C)C. The van der Waals surface area contributed by atoms with Crippen molar-refractivity contribution in [3.8, 4) is 0 Å². The van der Waals surface area contributed by atoms with Crippen LogP contribution in [0.15, 0.2) is 45.9 Å². The molecule has 0 N–H and O–H groups in total. The third kappa shape index (κ3) is 1.61. The maximum absolute atomic E-state index is 6.09. The predicted molar refractivity (Wildman–Crippen MR) is 70.0 cm³/mol. The normalized spacial score (nSPS) is 31.3. The number of allylic oxidation sites excluding steroid dienone is 4. The first kappa shape index (κ1) is 11.9. The van der Waals surface area contributed by atoms with Crippen molar-refractivity contribution < 1.29 is 9.31 Å². The number of rotatable bonds is 1. The Morgan fingerprint density at radius 1 is 1.17 bits per heavy atom. The zero-order valence-electron chi connectivity index (χ0n) is 11.2. The summed E-state index contributed by atoms with van der Waals surface area (Å²) in [7, 11) is -0.273. The molecular formula is C13H17BN2O2. The minimum atomic E-state index is -0.305. The molecule has 1 atom stereocenters. The van der Waals surface area contributed by atoms with Crippen molar-refractivity contribution in [1.29, 1.82) is 0 Å². The van der Waals surface area contributed by atoms with Crippen molar-refractivity contribution in [3.63, 3.8) is 0 Å². The van der Waals surface area contributed by atoms with Crippen molar-refractivity contribution in [2.75, 3.05) is 0 Å². The molecule has 0 aromatic heterocycles. The van der Waals surface area contributed by atoms with E-state index in [1.54, 1.807) is 6.20 Å². The summed E-state index contributed by atoms with van der Waals surface area (Å²) in [6.45, 7) is 8.25. The highest BCUT2D eigenvalue weighted by molar-refractivity contribution is 6.49. The lowest BCUT2D eigenvalue weighted by Gasteiger charge is -2.32. The lowest BCUT2D eigenvalue weighted by molar-refractivity contribution is 0.00578. The van der Waals surface area contributed by atoms with Crippen LogP contribution in [0.4, 0.5) is 0 Å². The summed E-state index contributed by atoms with van der Waals surface area (Å²) in [6, 6.07) is 0. The van der Waals surface area contributed by atoms with Crippen LogP contribution in [0.5, 0.6) is 0 Å². The first-order valence-electron chi connectivity index (χ1n) is 6.26. The largest absolute Gasteiger partial charge is 0.470 e. The smallest absolute Gasteiger partial charge is 0.403 e. The maximum Gasteiger partial charge on any atom is 0.470 e. The molecular weight excluding hydrogens is 227 g/mol. The molecule has 0 unspecified atom stereocenters. The van der Waals surface area contributed by atoms with Crippen LogP contribution in [0, 0.1) is 0 Å². The Morgan fingerprint density at radius 2 is 1.83 bits per heavy atom. The van der Waals surface area contributed by atoms with Crippen LogP contribution in [0.2, 0.25) is 5.82 Å². The van der Waals surface area contributed by atoms with Crippen molar-refractivity contribution >= 4 is 7.12 Å². The lowest BCUT2D eigenvalue weighted by atomic mass is 9.66. The van der Waals surface area contributed by atoms with E-state index in [2.05, 4.69) is 44.0 Å². The molecule has 0 saturated carbocycles. The van der Waals surface area contributed by atoms with Crippen molar-refractivity contribution in [2.45, 2.75) is 44.7 Å². The van der Waals surface area contributed by atoms with E-state index in [1.165, 1.54) is 0 Å². The summed E-state index contributed by atoms with van der Waals surface area (Å²) in [5.41, 5.74) is 1.38. The Balaban J connectivity index is 1.87. The van der Waals surface area contributed by atoms with Gasteiger partial charge in [-0.1, -0.05) is 12.2 Å². The number of azo groups is 1. The van der Waals surface area contributed by atoms with Gasteiger partial charge in [-0.15, -0.1) is 0 Å². The van der Waals surface area contributed by atoms with Crippen LogP contribution in [-0.4, -0.2) is 18.3 Å². The summed E-state index contributed by atoms with van der Waals surface area (Å²) in [5, 5.41) is 8.05. The van der Waals surface area contributed by atoms with Crippen LogP contribution in [0.1, 0.15) is 27.7 Å². The molecule has 3 aliphatic rings. The van der Waals surface area contributed by atoms with Crippen molar-refractivity contribution in [2.24, 2.45) is 10.2 Å². The third-order valence-corrected chi connectivity index (χ3v) is 4.15. The molecule has 0 bridgehead atoms. The first-order valence-corrected chi connectivity index (χ1v) is 6.26. The van der Waals surface area contributed by atoms with E-state index in [-0.39, 0.29) is 24.1 Å². The van der Waals surface area contributed by atoms with Gasteiger partial charge in [-0.3, -0.25) is 0 Å². The van der Waals surface area contributed by atoms with Gasteiger partial charge in [0, 0.05) is 11.4 Å². The van der Waals surface area contributed by atoms with Gasteiger partial charge in [-0.2, -0.15) is 10.2 Å². The molecule has 0 spiro atoms. The Labute approximate surface area is 108 Å². The molecule has 1 saturated heterocycles. The van der Waals surface area contributed by atoms with Gasteiger partial charge in [-0.05, 0) is 33.8 Å². The van der Waals surface area contributed by atoms with E-state index in [0.717, 1.165) is 11.3 Å². The van der Waals surface area contributed by atoms with Crippen LogP contribution in [0.3, 0.4) is 0 Å². The molecule has 2 heterocycles. The molecule has 2 aliphatic heterocycles. The van der Waals surface area contributed by atoms with E-state index in [0.29, 0.717) is 0 Å².